The normalized spacial score (nSPS) is 9.16. The summed E-state index contributed by atoms with van der Waals surface area (Å²) in [5.74, 6) is 5.48. The second kappa shape index (κ2) is 7.01. The van der Waals surface area contributed by atoms with Crippen LogP contribution in [0.2, 0.25) is 0 Å². The van der Waals surface area contributed by atoms with Crippen molar-refractivity contribution < 1.29 is 19.2 Å². The number of rotatable bonds is 4. The van der Waals surface area contributed by atoms with Crippen molar-refractivity contribution in [3.63, 3.8) is 0 Å². The highest BCUT2D eigenvalue weighted by Crippen LogP contribution is 2.20. The second-order valence-corrected chi connectivity index (χ2v) is 3.45. The summed E-state index contributed by atoms with van der Waals surface area (Å²) in [5, 5.41) is 10.9. The molecule has 0 aromatic heterocycles. The van der Waals surface area contributed by atoms with Crippen LogP contribution >= 0.6 is 0 Å². The Morgan fingerprint density at radius 3 is 2.74 bits per heavy atom. The van der Waals surface area contributed by atoms with Crippen LogP contribution in [0.3, 0.4) is 0 Å². The molecule has 0 aliphatic rings. The van der Waals surface area contributed by atoms with Crippen LogP contribution < -0.4 is 0 Å². The summed E-state index contributed by atoms with van der Waals surface area (Å²) in [4.78, 5) is 21.4. The van der Waals surface area contributed by atoms with Crippen LogP contribution in [0.15, 0.2) is 18.2 Å². The summed E-state index contributed by atoms with van der Waals surface area (Å²) in [5.41, 5.74) is 0.778. The zero-order chi connectivity index (χ0) is 14.3. The highest BCUT2D eigenvalue weighted by atomic mass is 16.7. The minimum Gasteiger partial charge on any atom is -0.435 e. The Kier molecular flexibility index (Phi) is 5.35. The van der Waals surface area contributed by atoms with Gasteiger partial charge in [-0.25, -0.2) is 4.79 Å². The molecular formula is C13H13NO5. The number of hydrogen-bond acceptors (Lipinski definition) is 5. The standard InChI is InChI=1S/C13H13NO5/c1-3-5-10-6-7-12(14(16)17)11(8-10)9-19-13(15)18-4-2/h6-8H,4,9H2,1-2H3. The number of carbonyl (C=O) groups excluding carboxylic acids is 1. The van der Waals surface area contributed by atoms with Gasteiger partial charge in [0.2, 0.25) is 0 Å². The fourth-order valence-corrected chi connectivity index (χ4v) is 1.40. The molecule has 0 N–H and O–H groups in total. The Bertz CT molecular complexity index is 542. The Hall–Kier alpha value is -2.55. The smallest absolute Gasteiger partial charge is 0.435 e. The first kappa shape index (κ1) is 14.5. The predicted molar refractivity (Wildman–Crippen MR) is 67.5 cm³/mol. The molecule has 0 spiro atoms. The summed E-state index contributed by atoms with van der Waals surface area (Å²) in [6, 6.07) is 4.40. The molecule has 6 heteroatoms. The number of nitro benzene ring substituents is 1. The van der Waals surface area contributed by atoms with Gasteiger partial charge in [-0.05, 0) is 26.0 Å². The molecule has 0 unspecified atom stereocenters. The van der Waals surface area contributed by atoms with Crippen molar-refractivity contribution in [3.8, 4) is 11.8 Å². The first-order valence-corrected chi connectivity index (χ1v) is 5.58. The Labute approximate surface area is 110 Å². The van der Waals surface area contributed by atoms with Gasteiger partial charge >= 0.3 is 6.16 Å². The third kappa shape index (κ3) is 4.32. The molecule has 0 heterocycles. The van der Waals surface area contributed by atoms with E-state index in [9.17, 15) is 14.9 Å². The molecular weight excluding hydrogens is 250 g/mol. The molecule has 0 bridgehead atoms. The number of benzene rings is 1. The molecule has 6 nitrogen and oxygen atoms in total. The largest absolute Gasteiger partial charge is 0.508 e. The van der Waals surface area contributed by atoms with Crippen molar-refractivity contribution in [1.29, 1.82) is 0 Å². The predicted octanol–water partition coefficient (Wildman–Crippen LogP) is 2.64. The molecule has 0 radical (unpaired) electrons. The highest BCUT2D eigenvalue weighted by molar-refractivity contribution is 5.60. The fraction of sp³-hybridized carbons (Fsp3) is 0.308. The van der Waals surface area contributed by atoms with Gasteiger partial charge < -0.3 is 9.47 Å². The van der Waals surface area contributed by atoms with E-state index in [0.717, 1.165) is 0 Å². The van der Waals surface area contributed by atoms with E-state index in [4.69, 9.17) is 4.74 Å². The van der Waals surface area contributed by atoms with Crippen LogP contribution in [0, 0.1) is 22.0 Å². The molecule has 1 rings (SSSR count). The number of nitro groups is 1. The number of nitrogens with zero attached hydrogens (tertiary/aromatic N) is 1. The van der Waals surface area contributed by atoms with Gasteiger partial charge in [-0.2, -0.15) is 0 Å². The average molecular weight is 263 g/mol. The molecule has 0 saturated heterocycles. The summed E-state index contributed by atoms with van der Waals surface area (Å²) in [7, 11) is 0. The van der Waals surface area contributed by atoms with Crippen molar-refractivity contribution >= 4 is 11.8 Å². The SMILES string of the molecule is CC#Cc1ccc([N+](=O)[O-])c(COC(=O)OCC)c1. The Morgan fingerprint density at radius 2 is 2.16 bits per heavy atom. The zero-order valence-corrected chi connectivity index (χ0v) is 10.6. The van der Waals surface area contributed by atoms with Gasteiger partial charge in [-0.15, -0.1) is 5.92 Å². The average Bonchev–Trinajstić information content (AvgIpc) is 2.37. The Morgan fingerprint density at radius 1 is 1.42 bits per heavy atom. The van der Waals surface area contributed by atoms with E-state index in [1.807, 2.05) is 0 Å². The second-order valence-electron chi connectivity index (χ2n) is 3.45. The van der Waals surface area contributed by atoms with Crippen LogP contribution in [-0.4, -0.2) is 17.7 Å². The number of carbonyl (C=O) groups is 1. The van der Waals surface area contributed by atoms with Crippen LogP contribution in [0.1, 0.15) is 25.0 Å². The molecule has 1 aromatic carbocycles. The van der Waals surface area contributed by atoms with Crippen LogP contribution in [0.25, 0.3) is 0 Å². The molecule has 0 aliphatic heterocycles. The maximum Gasteiger partial charge on any atom is 0.508 e. The van der Waals surface area contributed by atoms with E-state index in [-0.39, 0.29) is 24.5 Å². The first-order chi connectivity index (χ1) is 9.08. The molecule has 1 aromatic rings. The van der Waals surface area contributed by atoms with Crippen molar-refractivity contribution in [2.45, 2.75) is 20.5 Å². The van der Waals surface area contributed by atoms with Gasteiger partial charge in [0.15, 0.2) is 0 Å². The fourth-order valence-electron chi connectivity index (χ4n) is 1.40. The topological polar surface area (TPSA) is 78.7 Å². The summed E-state index contributed by atoms with van der Waals surface area (Å²) in [6.07, 6.45) is -0.858. The molecule has 0 saturated carbocycles. The van der Waals surface area contributed by atoms with Crippen LogP contribution in [0.4, 0.5) is 10.5 Å². The molecule has 0 fully saturated rings. The van der Waals surface area contributed by atoms with Gasteiger partial charge in [0, 0.05) is 11.6 Å². The van der Waals surface area contributed by atoms with Gasteiger partial charge in [0.05, 0.1) is 17.1 Å². The van der Waals surface area contributed by atoms with E-state index < -0.39 is 11.1 Å². The van der Waals surface area contributed by atoms with Gasteiger partial charge in [-0.1, -0.05) is 5.92 Å². The van der Waals surface area contributed by atoms with Gasteiger partial charge in [0.1, 0.15) is 6.61 Å². The molecule has 0 amide bonds. The van der Waals surface area contributed by atoms with Crippen molar-refractivity contribution in [2.24, 2.45) is 0 Å². The summed E-state index contributed by atoms with van der Waals surface area (Å²) >= 11 is 0. The maximum absolute atomic E-state index is 11.1. The van der Waals surface area contributed by atoms with Gasteiger partial charge in [0.25, 0.3) is 5.69 Å². The van der Waals surface area contributed by atoms with Crippen molar-refractivity contribution in [2.75, 3.05) is 6.61 Å². The molecule has 100 valence electrons. The Balaban J connectivity index is 2.93. The monoisotopic (exact) mass is 263 g/mol. The number of ether oxygens (including phenoxy) is 2. The zero-order valence-electron chi connectivity index (χ0n) is 10.6. The van der Waals surface area contributed by atoms with Crippen molar-refractivity contribution in [3.05, 3.63) is 39.4 Å². The third-order valence-corrected chi connectivity index (χ3v) is 2.15. The van der Waals surface area contributed by atoms with E-state index in [1.165, 1.54) is 12.1 Å². The first-order valence-electron chi connectivity index (χ1n) is 5.58. The number of hydrogen-bond donors (Lipinski definition) is 0. The lowest BCUT2D eigenvalue weighted by Gasteiger charge is -2.05. The van der Waals surface area contributed by atoms with E-state index in [2.05, 4.69) is 16.6 Å². The molecule has 0 aliphatic carbocycles. The lowest BCUT2D eigenvalue weighted by molar-refractivity contribution is -0.385. The third-order valence-electron chi connectivity index (χ3n) is 2.15. The minimum atomic E-state index is -0.858. The van der Waals surface area contributed by atoms with E-state index in [1.54, 1.807) is 19.9 Å². The van der Waals surface area contributed by atoms with Crippen LogP contribution in [0.5, 0.6) is 0 Å². The highest BCUT2D eigenvalue weighted by Gasteiger charge is 2.15. The lowest BCUT2D eigenvalue weighted by Crippen LogP contribution is -2.08. The molecule has 19 heavy (non-hydrogen) atoms. The minimum absolute atomic E-state index is 0.119. The van der Waals surface area contributed by atoms with E-state index >= 15 is 0 Å². The van der Waals surface area contributed by atoms with Crippen molar-refractivity contribution in [1.82, 2.24) is 0 Å². The summed E-state index contributed by atoms with van der Waals surface area (Å²) in [6.45, 7) is 3.26. The quantitative estimate of drug-likeness (QED) is 0.361. The van der Waals surface area contributed by atoms with E-state index in [0.29, 0.717) is 5.56 Å². The van der Waals surface area contributed by atoms with Crippen LogP contribution in [-0.2, 0) is 16.1 Å². The lowest BCUT2D eigenvalue weighted by atomic mass is 10.1. The summed E-state index contributed by atoms with van der Waals surface area (Å²) < 4.78 is 9.36. The molecule has 0 atom stereocenters. The maximum atomic E-state index is 11.1. The van der Waals surface area contributed by atoms with Gasteiger partial charge in [-0.3, -0.25) is 10.1 Å².